The summed E-state index contributed by atoms with van der Waals surface area (Å²) in [6.07, 6.45) is 1.89. The van der Waals surface area contributed by atoms with E-state index in [9.17, 15) is 14.7 Å². The molecule has 1 aliphatic heterocycles. The highest BCUT2D eigenvalue weighted by atomic mass is 32.2. The third-order valence-electron chi connectivity index (χ3n) is 6.05. The van der Waals surface area contributed by atoms with Crippen LogP contribution >= 0.6 is 11.8 Å². The summed E-state index contributed by atoms with van der Waals surface area (Å²) < 4.78 is 12.9. The Kier molecular flexibility index (Phi) is 9.24. The van der Waals surface area contributed by atoms with Gasteiger partial charge in [-0.15, -0.1) is 0 Å². The molecule has 1 aliphatic rings. The maximum atomic E-state index is 12.1. The number of hydrogen-bond acceptors (Lipinski definition) is 8. The number of anilines is 1. The molecule has 4 rings (SSSR count). The van der Waals surface area contributed by atoms with Gasteiger partial charge in [0.2, 0.25) is 5.91 Å². The van der Waals surface area contributed by atoms with Gasteiger partial charge in [-0.05, 0) is 29.3 Å². The van der Waals surface area contributed by atoms with Crippen LogP contribution in [0.3, 0.4) is 0 Å². The van der Waals surface area contributed by atoms with Gasteiger partial charge >= 0.3 is 5.97 Å². The van der Waals surface area contributed by atoms with Gasteiger partial charge in [-0.1, -0.05) is 55.1 Å². The molecule has 9 nitrogen and oxygen atoms in total. The largest absolute Gasteiger partial charge is 0.481 e. The minimum Gasteiger partial charge on any atom is -0.481 e. The molecule has 0 saturated carbocycles. The van der Waals surface area contributed by atoms with Crippen LogP contribution in [0.5, 0.6) is 0 Å². The first-order valence-electron chi connectivity index (χ1n) is 11.9. The number of hydrogen-bond donors (Lipinski definition) is 3. The van der Waals surface area contributed by atoms with Gasteiger partial charge in [0.15, 0.2) is 11.4 Å². The number of thioether (sulfide) groups is 1. The number of amides is 1. The number of benzene rings is 2. The smallest absolute Gasteiger partial charge is 0.303 e. The second kappa shape index (κ2) is 12.8. The highest BCUT2D eigenvalue weighted by Crippen LogP contribution is 2.43. The number of aliphatic carboxylic acids is 1. The first kappa shape index (κ1) is 26.7. The molecule has 1 amide bonds. The fourth-order valence-corrected chi connectivity index (χ4v) is 5.00. The quantitative estimate of drug-likeness (QED) is 0.262. The van der Waals surface area contributed by atoms with E-state index >= 15 is 0 Å². The zero-order valence-corrected chi connectivity index (χ0v) is 21.1. The number of carbonyl (C=O) groups is 2. The van der Waals surface area contributed by atoms with Crippen molar-refractivity contribution in [3.05, 3.63) is 83.7 Å². The number of aliphatic hydroxyl groups is 1. The zero-order valence-electron chi connectivity index (χ0n) is 20.3. The Morgan fingerprint density at radius 1 is 1.00 bits per heavy atom. The number of nitrogens with zero attached hydrogens (tertiary/aromatic N) is 2. The second-order valence-electron chi connectivity index (χ2n) is 8.73. The number of rotatable bonds is 10. The van der Waals surface area contributed by atoms with Crippen LogP contribution in [0, 0.1) is 5.92 Å². The molecule has 1 fully saturated rings. The number of aromatic nitrogens is 2. The van der Waals surface area contributed by atoms with Crippen molar-refractivity contribution in [1.29, 1.82) is 0 Å². The average molecular weight is 524 g/mol. The molecule has 4 atom stereocenters. The summed E-state index contributed by atoms with van der Waals surface area (Å²) in [7, 11) is 0. The SMILES string of the molecule is C[C@@H]1[C@H](CSc2ncccn2)O[C@H](c2cccc(NC(=O)CCC(=O)O)c2)O[C@@H]1c1ccc(CO)cc1. The summed E-state index contributed by atoms with van der Waals surface area (Å²) in [4.78, 5) is 31.5. The first-order chi connectivity index (χ1) is 17.9. The van der Waals surface area contributed by atoms with Crippen molar-refractivity contribution in [3.8, 4) is 0 Å². The molecule has 194 valence electrons. The van der Waals surface area contributed by atoms with Crippen LogP contribution in [0.25, 0.3) is 0 Å². The number of carbonyl (C=O) groups excluding carboxylic acids is 1. The van der Waals surface area contributed by atoms with E-state index in [0.29, 0.717) is 16.6 Å². The summed E-state index contributed by atoms with van der Waals surface area (Å²) in [5.41, 5.74) is 3.05. The maximum absolute atomic E-state index is 12.1. The van der Waals surface area contributed by atoms with Crippen molar-refractivity contribution < 1.29 is 29.3 Å². The van der Waals surface area contributed by atoms with E-state index in [1.807, 2.05) is 30.3 Å². The molecule has 0 aliphatic carbocycles. The Hall–Kier alpha value is -3.31. The monoisotopic (exact) mass is 523 g/mol. The van der Waals surface area contributed by atoms with Gasteiger partial charge in [0.05, 0.1) is 25.2 Å². The lowest BCUT2D eigenvalue weighted by Crippen LogP contribution is -2.38. The van der Waals surface area contributed by atoms with Crippen LogP contribution in [0.2, 0.25) is 0 Å². The fourth-order valence-electron chi connectivity index (χ4n) is 4.03. The normalized spacial score (nSPS) is 21.4. The highest BCUT2D eigenvalue weighted by molar-refractivity contribution is 7.99. The Bertz CT molecular complexity index is 1190. The van der Waals surface area contributed by atoms with Crippen molar-refractivity contribution in [2.75, 3.05) is 11.1 Å². The molecule has 0 bridgehead atoms. The van der Waals surface area contributed by atoms with Crippen molar-refractivity contribution in [2.45, 2.75) is 50.0 Å². The molecule has 0 radical (unpaired) electrons. The number of carboxylic acid groups (broad SMARTS) is 1. The lowest BCUT2D eigenvalue weighted by atomic mass is 9.91. The molecular formula is C27H29N3O6S. The van der Waals surface area contributed by atoms with Gasteiger partial charge in [0, 0.05) is 41.7 Å². The molecule has 37 heavy (non-hydrogen) atoms. The van der Waals surface area contributed by atoms with Crippen molar-refractivity contribution in [2.24, 2.45) is 5.92 Å². The number of aliphatic hydroxyl groups excluding tert-OH is 1. The number of nitrogens with one attached hydrogen (secondary N) is 1. The molecule has 0 spiro atoms. The van der Waals surface area contributed by atoms with Crippen molar-refractivity contribution in [1.82, 2.24) is 9.97 Å². The van der Waals surface area contributed by atoms with Gasteiger partial charge in [-0.2, -0.15) is 0 Å². The summed E-state index contributed by atoms with van der Waals surface area (Å²) in [6, 6.07) is 16.6. The molecule has 2 aromatic carbocycles. The predicted octanol–water partition coefficient (Wildman–Crippen LogP) is 4.36. The predicted molar refractivity (Wildman–Crippen MR) is 138 cm³/mol. The summed E-state index contributed by atoms with van der Waals surface area (Å²) in [5, 5.41) is 21.6. The van der Waals surface area contributed by atoms with E-state index in [4.69, 9.17) is 14.6 Å². The summed E-state index contributed by atoms with van der Waals surface area (Å²) in [5.74, 6) is -0.782. The van der Waals surface area contributed by atoms with E-state index in [1.165, 1.54) is 11.8 Å². The Morgan fingerprint density at radius 2 is 1.76 bits per heavy atom. The van der Waals surface area contributed by atoms with Gasteiger partial charge in [0.1, 0.15) is 0 Å². The summed E-state index contributed by atoms with van der Waals surface area (Å²) in [6.45, 7) is 2.05. The van der Waals surface area contributed by atoms with Crippen molar-refractivity contribution >= 4 is 29.3 Å². The second-order valence-corrected chi connectivity index (χ2v) is 9.72. The lowest BCUT2D eigenvalue weighted by Gasteiger charge is -2.41. The standard InChI is InChI=1S/C27H29N3O6S/c1-17-22(16-37-27-28-12-3-13-29-27)35-26(36-25(17)19-8-6-18(15-31)7-9-19)20-4-2-5-21(14-20)30-23(32)10-11-24(33)34/h2-9,12-14,17,22,25-26,31H,10-11,15-16H2,1H3,(H,30,32)(H,33,34)/t17-,22+,25+,26+/m1/s1. The fraction of sp³-hybridized carbons (Fsp3) is 0.333. The van der Waals surface area contributed by atoms with Gasteiger partial charge < -0.3 is 25.0 Å². The zero-order chi connectivity index (χ0) is 26.2. The molecular weight excluding hydrogens is 494 g/mol. The van der Waals surface area contributed by atoms with E-state index in [1.54, 1.807) is 36.7 Å². The van der Waals surface area contributed by atoms with Crippen LogP contribution in [-0.2, 0) is 25.7 Å². The molecule has 1 aromatic heterocycles. The molecule has 10 heteroatoms. The Balaban J connectivity index is 1.55. The minimum atomic E-state index is -1.02. The molecule has 3 aromatic rings. The third kappa shape index (κ3) is 7.36. The van der Waals surface area contributed by atoms with E-state index in [2.05, 4.69) is 22.2 Å². The highest BCUT2D eigenvalue weighted by Gasteiger charge is 2.38. The average Bonchev–Trinajstić information content (AvgIpc) is 2.92. The minimum absolute atomic E-state index is 0.00587. The van der Waals surface area contributed by atoms with Gasteiger partial charge in [-0.25, -0.2) is 9.97 Å². The van der Waals surface area contributed by atoms with Gasteiger partial charge in [-0.3, -0.25) is 9.59 Å². The summed E-state index contributed by atoms with van der Waals surface area (Å²) >= 11 is 1.51. The van der Waals surface area contributed by atoms with Crippen molar-refractivity contribution in [3.63, 3.8) is 0 Å². The van der Waals surface area contributed by atoms with Crippen LogP contribution in [-0.4, -0.2) is 43.9 Å². The topological polar surface area (TPSA) is 131 Å². The molecule has 0 unspecified atom stereocenters. The number of ether oxygens (including phenoxy) is 2. The van der Waals surface area contributed by atoms with E-state index < -0.39 is 12.3 Å². The molecule has 2 heterocycles. The Labute approximate surface area is 219 Å². The van der Waals surface area contributed by atoms with E-state index in [0.717, 1.165) is 16.7 Å². The first-order valence-corrected chi connectivity index (χ1v) is 12.9. The van der Waals surface area contributed by atoms with E-state index in [-0.39, 0.29) is 43.5 Å². The van der Waals surface area contributed by atoms with Crippen LogP contribution in [0.1, 0.15) is 48.8 Å². The number of carboxylic acids is 1. The maximum Gasteiger partial charge on any atom is 0.303 e. The Morgan fingerprint density at radius 3 is 2.46 bits per heavy atom. The van der Waals surface area contributed by atoms with Crippen LogP contribution < -0.4 is 5.32 Å². The molecule has 1 saturated heterocycles. The molecule has 3 N–H and O–H groups in total. The third-order valence-corrected chi connectivity index (χ3v) is 7.01. The van der Waals surface area contributed by atoms with Crippen LogP contribution in [0.15, 0.2) is 72.1 Å². The van der Waals surface area contributed by atoms with Gasteiger partial charge in [0.25, 0.3) is 0 Å². The lowest BCUT2D eigenvalue weighted by molar-refractivity contribution is -0.268. The van der Waals surface area contributed by atoms with Crippen LogP contribution in [0.4, 0.5) is 5.69 Å².